The summed E-state index contributed by atoms with van der Waals surface area (Å²) in [5.74, 6) is -1.84. The van der Waals surface area contributed by atoms with Crippen molar-refractivity contribution in [1.29, 1.82) is 5.26 Å². The van der Waals surface area contributed by atoms with Crippen LogP contribution in [0.1, 0.15) is 31.9 Å². The second-order valence-electron chi connectivity index (χ2n) is 5.13. The van der Waals surface area contributed by atoms with E-state index in [1.807, 2.05) is 26.8 Å². The Morgan fingerprint density at radius 3 is 2.44 bits per heavy atom. The van der Waals surface area contributed by atoms with Crippen LogP contribution in [0.3, 0.4) is 0 Å². The van der Waals surface area contributed by atoms with Gasteiger partial charge < -0.3 is 5.73 Å². The molecule has 0 spiro atoms. The summed E-state index contributed by atoms with van der Waals surface area (Å²) in [6, 6.07) is 3.13. The molecule has 0 fully saturated rings. The van der Waals surface area contributed by atoms with Crippen molar-refractivity contribution in [3.8, 4) is 6.07 Å². The maximum Gasteiger partial charge on any atom is 0.176 e. The smallest absolute Gasteiger partial charge is 0.176 e. The number of nitrogen functional groups attached to an aromatic ring is 1. The van der Waals surface area contributed by atoms with E-state index in [4.69, 9.17) is 11.0 Å². The van der Waals surface area contributed by atoms with Crippen molar-refractivity contribution in [2.45, 2.75) is 26.2 Å². The first kappa shape index (κ1) is 12.8. The Hall–Kier alpha value is -1.67. The van der Waals surface area contributed by atoms with Gasteiger partial charge in [0, 0.05) is 5.39 Å². The van der Waals surface area contributed by atoms with Crippen molar-refractivity contribution in [3.05, 3.63) is 28.8 Å². The molecular formula is C13H12F2N2S. The highest BCUT2D eigenvalue weighted by Crippen LogP contribution is 2.41. The molecule has 0 aliphatic rings. The lowest BCUT2D eigenvalue weighted by Crippen LogP contribution is -2.13. The number of hydrogen-bond acceptors (Lipinski definition) is 3. The van der Waals surface area contributed by atoms with Crippen LogP contribution in [0.15, 0.2) is 6.07 Å². The first-order chi connectivity index (χ1) is 8.27. The Labute approximate surface area is 108 Å². The second kappa shape index (κ2) is 3.92. The molecule has 0 aliphatic heterocycles. The van der Waals surface area contributed by atoms with Gasteiger partial charge in [0.2, 0.25) is 0 Å². The van der Waals surface area contributed by atoms with E-state index >= 15 is 0 Å². The van der Waals surface area contributed by atoms with Gasteiger partial charge in [0.25, 0.3) is 0 Å². The zero-order valence-corrected chi connectivity index (χ0v) is 11.1. The molecule has 1 heterocycles. The summed E-state index contributed by atoms with van der Waals surface area (Å²) in [5.41, 5.74) is 6.14. The number of thiophene rings is 1. The number of fused-ring (bicyclic) bond motifs is 1. The molecule has 0 unspecified atom stereocenters. The lowest BCUT2D eigenvalue weighted by atomic mass is 9.84. The fraction of sp³-hybridized carbons (Fsp3) is 0.308. The number of nitrogens with zero attached hydrogens (tertiary/aromatic N) is 1. The molecule has 0 bridgehead atoms. The van der Waals surface area contributed by atoms with Crippen molar-refractivity contribution in [2.75, 3.05) is 5.73 Å². The van der Waals surface area contributed by atoms with Crippen LogP contribution in [0.5, 0.6) is 0 Å². The van der Waals surface area contributed by atoms with E-state index in [1.54, 1.807) is 0 Å². The third-order valence-electron chi connectivity index (χ3n) is 2.80. The molecule has 18 heavy (non-hydrogen) atoms. The standard InChI is InChI=1S/C13H12F2N2S/c1-13(2,3)7-4-8(14)10(15)11-9(7)6(5-16)12(17)18-11/h4H,17H2,1-3H3. The van der Waals surface area contributed by atoms with Crippen molar-refractivity contribution < 1.29 is 8.78 Å². The predicted molar refractivity (Wildman–Crippen MR) is 69.6 cm³/mol. The summed E-state index contributed by atoms with van der Waals surface area (Å²) in [6.07, 6.45) is 0. The van der Waals surface area contributed by atoms with E-state index in [1.165, 1.54) is 0 Å². The Morgan fingerprint density at radius 1 is 1.33 bits per heavy atom. The maximum atomic E-state index is 13.8. The van der Waals surface area contributed by atoms with Gasteiger partial charge in [0.05, 0.1) is 10.3 Å². The fourth-order valence-electron chi connectivity index (χ4n) is 1.93. The number of hydrogen-bond donors (Lipinski definition) is 1. The molecule has 0 saturated carbocycles. The van der Waals surface area contributed by atoms with Crippen LogP contribution in [0.25, 0.3) is 10.1 Å². The number of rotatable bonds is 0. The van der Waals surface area contributed by atoms with Crippen LogP contribution in [0.4, 0.5) is 13.8 Å². The van der Waals surface area contributed by atoms with E-state index in [9.17, 15) is 8.78 Å². The van der Waals surface area contributed by atoms with E-state index in [0.29, 0.717) is 10.9 Å². The molecule has 1 aromatic carbocycles. The van der Waals surface area contributed by atoms with Gasteiger partial charge in [-0.2, -0.15) is 5.26 Å². The molecule has 2 rings (SSSR count). The Morgan fingerprint density at radius 2 is 1.94 bits per heavy atom. The molecular weight excluding hydrogens is 254 g/mol. The van der Waals surface area contributed by atoms with E-state index < -0.39 is 17.0 Å². The van der Waals surface area contributed by atoms with Crippen LogP contribution in [-0.2, 0) is 5.41 Å². The Balaban J connectivity index is 3.04. The number of halogens is 2. The summed E-state index contributed by atoms with van der Waals surface area (Å²) < 4.78 is 27.5. The zero-order valence-electron chi connectivity index (χ0n) is 10.3. The van der Waals surface area contributed by atoms with E-state index in [2.05, 4.69) is 0 Å². The average molecular weight is 266 g/mol. The van der Waals surface area contributed by atoms with Crippen molar-refractivity contribution >= 4 is 26.4 Å². The molecule has 5 heteroatoms. The lowest BCUT2D eigenvalue weighted by Gasteiger charge is -2.20. The summed E-state index contributed by atoms with van der Waals surface area (Å²) in [6.45, 7) is 5.65. The predicted octanol–water partition coefficient (Wildman–Crippen LogP) is 3.93. The molecule has 2 aromatic rings. The van der Waals surface area contributed by atoms with Crippen molar-refractivity contribution in [2.24, 2.45) is 0 Å². The summed E-state index contributed by atoms with van der Waals surface area (Å²) in [5, 5.41) is 9.78. The van der Waals surface area contributed by atoms with Crippen LogP contribution in [0, 0.1) is 23.0 Å². The molecule has 0 aliphatic carbocycles. The van der Waals surface area contributed by atoms with Gasteiger partial charge in [-0.15, -0.1) is 11.3 Å². The summed E-state index contributed by atoms with van der Waals surface area (Å²) in [7, 11) is 0. The minimum Gasteiger partial charge on any atom is -0.389 e. The molecule has 0 atom stereocenters. The highest BCUT2D eigenvalue weighted by Gasteiger charge is 2.26. The fourth-order valence-corrected chi connectivity index (χ4v) is 2.90. The van der Waals surface area contributed by atoms with Gasteiger partial charge >= 0.3 is 0 Å². The lowest BCUT2D eigenvalue weighted by molar-refractivity contribution is 0.509. The van der Waals surface area contributed by atoms with Crippen molar-refractivity contribution in [1.82, 2.24) is 0 Å². The van der Waals surface area contributed by atoms with Gasteiger partial charge in [-0.25, -0.2) is 8.78 Å². The quantitative estimate of drug-likeness (QED) is 0.785. The van der Waals surface area contributed by atoms with Gasteiger partial charge in [-0.3, -0.25) is 0 Å². The molecule has 2 N–H and O–H groups in total. The minimum absolute atomic E-state index is 0.119. The van der Waals surface area contributed by atoms with Gasteiger partial charge in [0.15, 0.2) is 11.6 Å². The van der Waals surface area contributed by atoms with Crippen molar-refractivity contribution in [3.63, 3.8) is 0 Å². The largest absolute Gasteiger partial charge is 0.389 e. The third kappa shape index (κ3) is 1.73. The van der Waals surface area contributed by atoms with Gasteiger partial charge in [-0.05, 0) is 17.0 Å². The minimum atomic E-state index is -0.934. The molecule has 94 valence electrons. The normalized spacial score (nSPS) is 11.8. The molecule has 0 radical (unpaired) electrons. The SMILES string of the molecule is CC(C)(C)c1cc(F)c(F)c2sc(N)c(C#N)c12. The van der Waals surface area contributed by atoms with Gasteiger partial charge in [0.1, 0.15) is 11.1 Å². The maximum absolute atomic E-state index is 13.8. The van der Waals surface area contributed by atoms with Crippen LogP contribution in [0.2, 0.25) is 0 Å². The van der Waals surface area contributed by atoms with Crippen LogP contribution < -0.4 is 5.73 Å². The summed E-state index contributed by atoms with van der Waals surface area (Å²) >= 11 is 0.915. The van der Waals surface area contributed by atoms with E-state index in [-0.39, 0.29) is 15.3 Å². The molecule has 2 nitrogen and oxygen atoms in total. The second-order valence-corrected chi connectivity index (χ2v) is 6.18. The average Bonchev–Trinajstić information content (AvgIpc) is 2.58. The first-order valence-electron chi connectivity index (χ1n) is 5.38. The topological polar surface area (TPSA) is 49.8 Å². The number of nitriles is 1. The number of nitrogens with two attached hydrogens (primary N) is 1. The third-order valence-corrected chi connectivity index (χ3v) is 3.82. The monoisotopic (exact) mass is 266 g/mol. The number of benzene rings is 1. The highest BCUT2D eigenvalue weighted by molar-refractivity contribution is 7.23. The molecule has 0 amide bonds. The van der Waals surface area contributed by atoms with Crippen LogP contribution in [-0.4, -0.2) is 0 Å². The van der Waals surface area contributed by atoms with Gasteiger partial charge in [-0.1, -0.05) is 20.8 Å². The first-order valence-corrected chi connectivity index (χ1v) is 6.19. The van der Waals surface area contributed by atoms with Crippen LogP contribution >= 0.6 is 11.3 Å². The molecule has 1 aromatic heterocycles. The molecule has 0 saturated heterocycles. The Kier molecular flexibility index (Phi) is 2.78. The number of anilines is 1. The highest BCUT2D eigenvalue weighted by atomic mass is 32.1. The Bertz CT molecular complexity index is 675. The van der Waals surface area contributed by atoms with E-state index in [0.717, 1.165) is 17.4 Å². The zero-order chi connectivity index (χ0) is 13.7. The summed E-state index contributed by atoms with van der Waals surface area (Å²) in [4.78, 5) is 0.